The fourth-order valence-electron chi connectivity index (χ4n) is 3.22. The van der Waals surface area contributed by atoms with Gasteiger partial charge in [0, 0.05) is 41.8 Å². The number of nitrogens with zero attached hydrogens (tertiary/aromatic N) is 2. The van der Waals surface area contributed by atoms with E-state index in [4.69, 9.17) is 4.74 Å². The molecule has 7 heteroatoms. The van der Waals surface area contributed by atoms with Gasteiger partial charge in [-0.15, -0.1) is 0 Å². The second kappa shape index (κ2) is 9.74. The number of carbonyl (C=O) groups is 3. The largest absolute Gasteiger partial charge is 0.484 e. The molecular formula is C26H21N3O4. The van der Waals surface area contributed by atoms with Crippen LogP contribution in [0.3, 0.4) is 0 Å². The number of aryl methyl sites for hydroxylation is 1. The molecule has 1 aromatic heterocycles. The zero-order valence-corrected chi connectivity index (χ0v) is 17.9. The molecule has 33 heavy (non-hydrogen) atoms. The van der Waals surface area contributed by atoms with Gasteiger partial charge in [-0.2, -0.15) is 0 Å². The van der Waals surface area contributed by atoms with Crippen LogP contribution < -0.4 is 10.1 Å². The number of carbonyl (C=O) groups excluding carboxylic acids is 3. The molecule has 1 amide bonds. The summed E-state index contributed by atoms with van der Waals surface area (Å²) in [6, 6.07) is 22.2. The number of ether oxygens (including phenoxy) is 1. The van der Waals surface area contributed by atoms with Crippen LogP contribution in [0, 0.1) is 0 Å². The molecule has 4 rings (SSSR count). The van der Waals surface area contributed by atoms with Crippen molar-refractivity contribution in [1.29, 1.82) is 0 Å². The van der Waals surface area contributed by atoms with Gasteiger partial charge in [0.05, 0.1) is 0 Å². The average Bonchev–Trinajstić information content (AvgIpc) is 3.29. The van der Waals surface area contributed by atoms with E-state index in [2.05, 4.69) is 10.3 Å². The van der Waals surface area contributed by atoms with E-state index in [0.29, 0.717) is 34.0 Å². The number of hydrogen-bond acceptors (Lipinski definition) is 5. The molecule has 0 fully saturated rings. The second-order valence-electron chi connectivity index (χ2n) is 7.32. The first-order valence-electron chi connectivity index (χ1n) is 10.3. The lowest BCUT2D eigenvalue weighted by molar-refractivity contribution is -0.118. The number of rotatable bonds is 8. The first kappa shape index (κ1) is 21.7. The number of hydrogen-bond donors (Lipinski definition) is 1. The maximum Gasteiger partial charge on any atom is 0.262 e. The minimum absolute atomic E-state index is 0.0790. The fraction of sp³-hybridized carbons (Fsp3) is 0.0769. The summed E-state index contributed by atoms with van der Waals surface area (Å²) in [7, 11) is 1.75. The number of amides is 1. The Morgan fingerprint density at radius 1 is 0.818 bits per heavy atom. The van der Waals surface area contributed by atoms with Crippen LogP contribution in [0.4, 0.5) is 5.69 Å². The van der Waals surface area contributed by atoms with E-state index in [9.17, 15) is 14.4 Å². The summed E-state index contributed by atoms with van der Waals surface area (Å²) in [6.45, 7) is -0.195. The van der Waals surface area contributed by atoms with Gasteiger partial charge >= 0.3 is 0 Å². The second-order valence-corrected chi connectivity index (χ2v) is 7.32. The Morgan fingerprint density at radius 3 is 2.06 bits per heavy atom. The molecule has 0 atom stereocenters. The van der Waals surface area contributed by atoms with Crippen molar-refractivity contribution in [3.63, 3.8) is 0 Å². The first-order chi connectivity index (χ1) is 16.0. The molecule has 1 N–H and O–H groups in total. The standard InChI is InChI=1S/C26H21N3O4/c1-29-16-15-27-26(29)25(32)20-7-11-21(12-8-20)28-23(30)17-33-22-13-9-19(10-14-22)24(31)18-5-3-2-4-6-18/h2-16H,17H2,1H3,(H,28,30). The van der Waals surface area contributed by atoms with E-state index in [1.807, 2.05) is 18.2 Å². The van der Waals surface area contributed by atoms with Crippen molar-refractivity contribution in [2.75, 3.05) is 11.9 Å². The zero-order chi connectivity index (χ0) is 23.2. The van der Waals surface area contributed by atoms with Crippen LogP contribution in [-0.4, -0.2) is 33.6 Å². The molecule has 0 spiro atoms. The van der Waals surface area contributed by atoms with Crippen molar-refractivity contribution in [1.82, 2.24) is 9.55 Å². The van der Waals surface area contributed by atoms with Crippen molar-refractivity contribution in [3.05, 3.63) is 114 Å². The van der Waals surface area contributed by atoms with Gasteiger partial charge < -0.3 is 14.6 Å². The molecule has 0 radical (unpaired) electrons. The average molecular weight is 439 g/mol. The molecule has 4 aromatic rings. The van der Waals surface area contributed by atoms with Crippen LogP contribution >= 0.6 is 0 Å². The van der Waals surface area contributed by atoms with Gasteiger partial charge in [0.15, 0.2) is 18.2 Å². The highest BCUT2D eigenvalue weighted by molar-refractivity contribution is 6.09. The summed E-state index contributed by atoms with van der Waals surface area (Å²) in [4.78, 5) is 41.2. The Kier molecular flexibility index (Phi) is 6.40. The summed E-state index contributed by atoms with van der Waals surface area (Å²) in [5.74, 6) is 0.202. The molecule has 7 nitrogen and oxygen atoms in total. The van der Waals surface area contributed by atoms with Crippen LogP contribution in [0.5, 0.6) is 5.75 Å². The van der Waals surface area contributed by atoms with E-state index in [-0.39, 0.29) is 24.1 Å². The highest BCUT2D eigenvalue weighted by atomic mass is 16.5. The van der Waals surface area contributed by atoms with Gasteiger partial charge in [0.25, 0.3) is 5.91 Å². The fourth-order valence-corrected chi connectivity index (χ4v) is 3.22. The van der Waals surface area contributed by atoms with Gasteiger partial charge in [-0.3, -0.25) is 14.4 Å². The molecule has 1 heterocycles. The molecule has 0 bridgehead atoms. The topological polar surface area (TPSA) is 90.3 Å². The van der Waals surface area contributed by atoms with Gasteiger partial charge in [-0.25, -0.2) is 4.98 Å². The lowest BCUT2D eigenvalue weighted by Crippen LogP contribution is -2.20. The number of imidazole rings is 1. The van der Waals surface area contributed by atoms with Crippen molar-refractivity contribution in [3.8, 4) is 5.75 Å². The molecule has 0 aliphatic rings. The Bertz CT molecular complexity index is 1280. The molecule has 0 aliphatic heterocycles. The van der Waals surface area contributed by atoms with Gasteiger partial charge in [-0.05, 0) is 48.5 Å². The Balaban J connectivity index is 1.30. The summed E-state index contributed by atoms with van der Waals surface area (Å²) in [5, 5.41) is 2.73. The van der Waals surface area contributed by atoms with Gasteiger partial charge in [0.2, 0.25) is 5.78 Å². The third-order valence-corrected chi connectivity index (χ3v) is 4.98. The van der Waals surface area contributed by atoms with E-state index in [1.54, 1.807) is 84.7 Å². The Labute approximate surface area is 190 Å². The van der Waals surface area contributed by atoms with Crippen molar-refractivity contribution in [2.24, 2.45) is 7.05 Å². The van der Waals surface area contributed by atoms with Crippen molar-refractivity contribution in [2.45, 2.75) is 0 Å². The number of benzene rings is 3. The minimum Gasteiger partial charge on any atom is -0.484 e. The Hall–Kier alpha value is -4.52. The third-order valence-electron chi connectivity index (χ3n) is 4.98. The summed E-state index contributed by atoms with van der Waals surface area (Å²) < 4.78 is 7.17. The maximum absolute atomic E-state index is 12.5. The van der Waals surface area contributed by atoms with Crippen LogP contribution in [0.15, 0.2) is 91.3 Å². The number of ketones is 2. The van der Waals surface area contributed by atoms with E-state index >= 15 is 0 Å². The predicted octanol–water partition coefficient (Wildman–Crippen LogP) is 3.90. The molecular weight excluding hydrogens is 418 g/mol. The Morgan fingerprint density at radius 2 is 1.42 bits per heavy atom. The van der Waals surface area contributed by atoms with Crippen LogP contribution in [0.1, 0.15) is 32.1 Å². The van der Waals surface area contributed by atoms with Crippen molar-refractivity contribution < 1.29 is 19.1 Å². The highest BCUT2D eigenvalue weighted by Gasteiger charge is 2.14. The van der Waals surface area contributed by atoms with Crippen LogP contribution in [-0.2, 0) is 11.8 Å². The van der Waals surface area contributed by atoms with Crippen LogP contribution in [0.25, 0.3) is 0 Å². The zero-order valence-electron chi connectivity index (χ0n) is 17.9. The molecule has 0 aliphatic carbocycles. The molecule has 3 aromatic carbocycles. The molecule has 0 saturated heterocycles. The summed E-state index contributed by atoms with van der Waals surface area (Å²) in [5.41, 5.74) is 2.17. The normalized spacial score (nSPS) is 10.5. The lowest BCUT2D eigenvalue weighted by atomic mass is 10.0. The number of anilines is 1. The van der Waals surface area contributed by atoms with Crippen molar-refractivity contribution >= 4 is 23.2 Å². The van der Waals surface area contributed by atoms with Gasteiger partial charge in [-0.1, -0.05) is 30.3 Å². The first-order valence-corrected chi connectivity index (χ1v) is 10.3. The number of nitrogens with one attached hydrogen (secondary N) is 1. The third kappa shape index (κ3) is 5.22. The SMILES string of the molecule is Cn1ccnc1C(=O)c1ccc(NC(=O)COc2ccc(C(=O)c3ccccc3)cc2)cc1. The van der Waals surface area contributed by atoms with Gasteiger partial charge in [0.1, 0.15) is 5.75 Å². The molecule has 164 valence electrons. The summed E-state index contributed by atoms with van der Waals surface area (Å²) >= 11 is 0. The minimum atomic E-state index is -0.345. The predicted molar refractivity (Wildman–Crippen MR) is 124 cm³/mol. The molecule has 0 unspecified atom stereocenters. The highest BCUT2D eigenvalue weighted by Crippen LogP contribution is 2.16. The van der Waals surface area contributed by atoms with E-state index in [0.717, 1.165) is 0 Å². The lowest BCUT2D eigenvalue weighted by Gasteiger charge is -2.09. The quantitative estimate of drug-likeness (QED) is 0.421. The number of aromatic nitrogens is 2. The summed E-state index contributed by atoms with van der Waals surface area (Å²) in [6.07, 6.45) is 3.27. The molecule has 0 saturated carbocycles. The van der Waals surface area contributed by atoms with E-state index < -0.39 is 0 Å². The monoisotopic (exact) mass is 439 g/mol. The van der Waals surface area contributed by atoms with E-state index in [1.165, 1.54) is 0 Å². The maximum atomic E-state index is 12.5. The smallest absolute Gasteiger partial charge is 0.262 e. The van der Waals surface area contributed by atoms with Crippen LogP contribution in [0.2, 0.25) is 0 Å².